The van der Waals surface area contributed by atoms with E-state index in [9.17, 15) is 14.7 Å². The summed E-state index contributed by atoms with van der Waals surface area (Å²) in [5.74, 6) is -0.183. The Balaban J connectivity index is 1.91. The van der Waals surface area contributed by atoms with E-state index in [-0.39, 0.29) is 17.7 Å². The van der Waals surface area contributed by atoms with Crippen molar-refractivity contribution in [1.29, 1.82) is 0 Å². The highest BCUT2D eigenvalue weighted by molar-refractivity contribution is 5.92. The fourth-order valence-corrected chi connectivity index (χ4v) is 2.13. The maximum atomic E-state index is 12.2. The van der Waals surface area contributed by atoms with Crippen LogP contribution >= 0.6 is 0 Å². The van der Waals surface area contributed by atoms with Crippen molar-refractivity contribution in [2.45, 2.75) is 19.9 Å². The lowest BCUT2D eigenvalue weighted by molar-refractivity contribution is 0.0505. The Morgan fingerprint density at radius 2 is 1.72 bits per heavy atom. The standard InChI is InChI=1S/C19H22N2O4/c1-3-12-25-18(23)15-6-8-16(9-7-15)20-19(24)21(2)13-14-4-10-17(22)11-5-14/h4-11,22H,3,12-13H2,1-2H3,(H,20,24). The lowest BCUT2D eigenvalue weighted by Crippen LogP contribution is -2.30. The van der Waals surface area contributed by atoms with Crippen molar-refractivity contribution in [2.24, 2.45) is 0 Å². The molecule has 0 saturated carbocycles. The molecule has 0 aliphatic rings. The van der Waals surface area contributed by atoms with Gasteiger partial charge in [-0.25, -0.2) is 9.59 Å². The molecule has 132 valence electrons. The van der Waals surface area contributed by atoms with Crippen LogP contribution in [0.1, 0.15) is 29.3 Å². The van der Waals surface area contributed by atoms with Crippen LogP contribution in [0.5, 0.6) is 5.75 Å². The molecule has 0 aliphatic heterocycles. The van der Waals surface area contributed by atoms with Crippen molar-refractivity contribution < 1.29 is 19.4 Å². The van der Waals surface area contributed by atoms with Crippen molar-refractivity contribution in [3.8, 4) is 5.75 Å². The highest BCUT2D eigenvalue weighted by Crippen LogP contribution is 2.14. The van der Waals surface area contributed by atoms with Crippen LogP contribution in [0.3, 0.4) is 0 Å². The van der Waals surface area contributed by atoms with Gasteiger partial charge in [0.1, 0.15) is 5.75 Å². The Hall–Kier alpha value is -3.02. The number of nitrogens with zero attached hydrogens (tertiary/aromatic N) is 1. The topological polar surface area (TPSA) is 78.9 Å². The van der Waals surface area contributed by atoms with Crippen LogP contribution in [0.25, 0.3) is 0 Å². The lowest BCUT2D eigenvalue weighted by Gasteiger charge is -2.18. The smallest absolute Gasteiger partial charge is 0.338 e. The van der Waals surface area contributed by atoms with Gasteiger partial charge in [-0.1, -0.05) is 19.1 Å². The highest BCUT2D eigenvalue weighted by Gasteiger charge is 2.11. The second kappa shape index (κ2) is 8.73. The predicted octanol–water partition coefficient (Wildman–Crippen LogP) is 3.62. The van der Waals surface area contributed by atoms with E-state index in [0.29, 0.717) is 24.4 Å². The van der Waals surface area contributed by atoms with Crippen LogP contribution in [0, 0.1) is 0 Å². The minimum absolute atomic E-state index is 0.188. The Bertz CT molecular complexity index is 711. The van der Waals surface area contributed by atoms with Gasteiger partial charge in [0.2, 0.25) is 0 Å². The van der Waals surface area contributed by atoms with Crippen molar-refractivity contribution >= 4 is 17.7 Å². The summed E-state index contributed by atoms with van der Waals surface area (Å²) < 4.78 is 5.06. The van der Waals surface area contributed by atoms with Crippen LogP contribution in [0.15, 0.2) is 48.5 Å². The summed E-state index contributed by atoms with van der Waals surface area (Å²) in [5, 5.41) is 12.0. The van der Waals surface area contributed by atoms with Crippen molar-refractivity contribution in [2.75, 3.05) is 19.0 Å². The number of ether oxygens (including phenoxy) is 1. The summed E-state index contributed by atoms with van der Waals surface area (Å²) in [7, 11) is 1.68. The first-order chi connectivity index (χ1) is 12.0. The van der Waals surface area contributed by atoms with Crippen LogP contribution < -0.4 is 5.32 Å². The van der Waals surface area contributed by atoms with E-state index in [1.807, 2.05) is 6.92 Å². The van der Waals surface area contributed by atoms with E-state index in [1.54, 1.807) is 55.6 Å². The van der Waals surface area contributed by atoms with Crippen LogP contribution in [-0.2, 0) is 11.3 Å². The zero-order chi connectivity index (χ0) is 18.2. The molecule has 0 radical (unpaired) electrons. The van der Waals surface area contributed by atoms with Gasteiger partial charge in [0.25, 0.3) is 0 Å². The third kappa shape index (κ3) is 5.53. The second-order valence-corrected chi connectivity index (χ2v) is 5.67. The van der Waals surface area contributed by atoms with E-state index in [2.05, 4.69) is 5.32 Å². The monoisotopic (exact) mass is 342 g/mol. The molecule has 2 aromatic rings. The van der Waals surface area contributed by atoms with Gasteiger partial charge < -0.3 is 20.1 Å². The molecule has 0 aromatic heterocycles. The minimum atomic E-state index is -0.371. The fraction of sp³-hybridized carbons (Fsp3) is 0.263. The van der Waals surface area contributed by atoms with Gasteiger partial charge in [-0.3, -0.25) is 0 Å². The number of urea groups is 1. The van der Waals surface area contributed by atoms with Crippen LogP contribution in [0.4, 0.5) is 10.5 Å². The number of esters is 1. The molecule has 0 heterocycles. The van der Waals surface area contributed by atoms with Crippen molar-refractivity contribution in [1.82, 2.24) is 4.90 Å². The average Bonchev–Trinajstić information content (AvgIpc) is 2.62. The maximum absolute atomic E-state index is 12.2. The van der Waals surface area contributed by atoms with E-state index in [4.69, 9.17) is 4.74 Å². The molecular formula is C19H22N2O4. The SMILES string of the molecule is CCCOC(=O)c1ccc(NC(=O)N(C)Cc2ccc(O)cc2)cc1. The molecule has 0 fully saturated rings. The molecule has 2 amide bonds. The number of carbonyl (C=O) groups excluding carboxylic acids is 2. The van der Waals surface area contributed by atoms with Gasteiger partial charge in [-0.15, -0.1) is 0 Å². The van der Waals surface area contributed by atoms with Crippen LogP contribution in [-0.4, -0.2) is 35.7 Å². The molecule has 25 heavy (non-hydrogen) atoms. The first-order valence-electron chi connectivity index (χ1n) is 8.07. The quantitative estimate of drug-likeness (QED) is 0.786. The number of hydrogen-bond acceptors (Lipinski definition) is 4. The van der Waals surface area contributed by atoms with Crippen molar-refractivity contribution in [3.63, 3.8) is 0 Å². The molecule has 2 aromatic carbocycles. The summed E-state index contributed by atoms with van der Waals surface area (Å²) in [6.07, 6.45) is 0.771. The lowest BCUT2D eigenvalue weighted by atomic mass is 10.2. The first-order valence-corrected chi connectivity index (χ1v) is 8.07. The number of aromatic hydroxyl groups is 1. The van der Waals surface area contributed by atoms with Crippen LogP contribution in [0.2, 0.25) is 0 Å². The Morgan fingerprint density at radius 1 is 1.08 bits per heavy atom. The molecule has 2 rings (SSSR count). The van der Waals surface area contributed by atoms with E-state index >= 15 is 0 Å². The van der Waals surface area contributed by atoms with Crippen molar-refractivity contribution in [3.05, 3.63) is 59.7 Å². The van der Waals surface area contributed by atoms with Gasteiger partial charge in [-0.05, 0) is 48.4 Å². The molecule has 2 N–H and O–H groups in total. The average molecular weight is 342 g/mol. The van der Waals surface area contributed by atoms with Gasteiger partial charge in [0.15, 0.2) is 0 Å². The number of amides is 2. The number of hydrogen-bond donors (Lipinski definition) is 2. The zero-order valence-corrected chi connectivity index (χ0v) is 14.4. The number of benzene rings is 2. The summed E-state index contributed by atoms with van der Waals surface area (Å²) in [4.78, 5) is 25.5. The number of phenolic OH excluding ortho intramolecular Hbond substituents is 1. The number of carbonyl (C=O) groups is 2. The summed E-state index contributed by atoms with van der Waals surface area (Å²) in [6.45, 7) is 2.73. The van der Waals surface area contributed by atoms with E-state index < -0.39 is 0 Å². The molecule has 0 unspecified atom stereocenters. The molecule has 0 spiro atoms. The maximum Gasteiger partial charge on any atom is 0.338 e. The summed E-state index contributed by atoms with van der Waals surface area (Å²) in [5.41, 5.74) is 1.95. The zero-order valence-electron chi connectivity index (χ0n) is 14.4. The minimum Gasteiger partial charge on any atom is -0.508 e. The number of anilines is 1. The molecule has 0 bridgehead atoms. The molecule has 6 heteroatoms. The van der Waals surface area contributed by atoms with E-state index in [1.165, 1.54) is 4.90 Å². The fourth-order valence-electron chi connectivity index (χ4n) is 2.13. The highest BCUT2D eigenvalue weighted by atomic mass is 16.5. The van der Waals surface area contributed by atoms with Gasteiger partial charge >= 0.3 is 12.0 Å². The molecular weight excluding hydrogens is 320 g/mol. The molecule has 0 atom stereocenters. The largest absolute Gasteiger partial charge is 0.508 e. The molecule has 6 nitrogen and oxygen atoms in total. The van der Waals surface area contributed by atoms with E-state index in [0.717, 1.165) is 12.0 Å². The van der Waals surface area contributed by atoms with Gasteiger partial charge in [0, 0.05) is 19.3 Å². The Labute approximate surface area is 147 Å². The number of nitrogens with one attached hydrogen (secondary N) is 1. The summed E-state index contributed by atoms with van der Waals surface area (Å²) >= 11 is 0. The van der Waals surface area contributed by atoms with Gasteiger partial charge in [0.05, 0.1) is 12.2 Å². The second-order valence-electron chi connectivity index (χ2n) is 5.67. The molecule has 0 saturated heterocycles. The normalized spacial score (nSPS) is 10.2. The Morgan fingerprint density at radius 3 is 2.32 bits per heavy atom. The third-order valence-corrected chi connectivity index (χ3v) is 3.51. The third-order valence-electron chi connectivity index (χ3n) is 3.51. The summed E-state index contributed by atoms with van der Waals surface area (Å²) in [6, 6.07) is 13.0. The first kappa shape index (κ1) is 18.3. The van der Waals surface area contributed by atoms with Gasteiger partial charge in [-0.2, -0.15) is 0 Å². The Kier molecular flexibility index (Phi) is 6.39. The number of phenols is 1. The predicted molar refractivity (Wildman–Crippen MR) is 95.6 cm³/mol. The molecule has 0 aliphatic carbocycles. The number of rotatable bonds is 6.